The maximum absolute atomic E-state index is 6.49. The van der Waals surface area contributed by atoms with Crippen LogP contribution in [0.4, 0.5) is 17.1 Å². The molecular weight excluding hydrogens is 765 g/mol. The van der Waals surface area contributed by atoms with Crippen molar-refractivity contribution in [1.82, 2.24) is 4.57 Å². The fourth-order valence-corrected chi connectivity index (χ4v) is 10.1. The number of aromatic nitrogens is 1. The van der Waals surface area contributed by atoms with Crippen LogP contribution in [0, 0.1) is 0 Å². The summed E-state index contributed by atoms with van der Waals surface area (Å²) in [6.45, 7) is 0. The number of rotatable bonds is 6. The van der Waals surface area contributed by atoms with E-state index in [-0.39, 0.29) is 0 Å². The van der Waals surface area contributed by atoms with Crippen molar-refractivity contribution in [2.24, 2.45) is 0 Å². The zero-order valence-corrected chi connectivity index (χ0v) is 34.2. The molecule has 0 amide bonds. The summed E-state index contributed by atoms with van der Waals surface area (Å²) in [5.74, 6) is 0. The molecular formula is C60H38N2O. The molecule has 0 saturated heterocycles. The highest BCUT2D eigenvalue weighted by Gasteiger charge is 2.22. The van der Waals surface area contributed by atoms with E-state index in [0.29, 0.717) is 0 Å². The third-order valence-corrected chi connectivity index (χ3v) is 13.0. The zero-order chi connectivity index (χ0) is 41.4. The molecule has 3 nitrogen and oxygen atoms in total. The molecule has 63 heavy (non-hydrogen) atoms. The van der Waals surface area contributed by atoms with E-state index in [9.17, 15) is 0 Å². The van der Waals surface area contributed by atoms with Gasteiger partial charge in [-0.25, -0.2) is 0 Å². The van der Waals surface area contributed by atoms with Crippen LogP contribution in [0.15, 0.2) is 235 Å². The smallest absolute Gasteiger partial charge is 0.143 e. The monoisotopic (exact) mass is 802 g/mol. The quantitative estimate of drug-likeness (QED) is 0.156. The standard InChI is InChI=1S/C60H38N2O/c1-2-16-42(17-3-1)61-55-27-12-10-23-51(55)54-37-41(31-35-57(54)61)45-34-36-56(49-21-8-6-20-48(45)49)62(58-38-40-15-4-5-18-44(40)47-19-7-9-22-50(47)58)43-32-29-39(30-33-43)46-25-14-26-53-52-24-11-13-28-59(52)63-60(46)53/h1-38H. The van der Waals surface area contributed by atoms with Crippen LogP contribution in [-0.4, -0.2) is 4.57 Å². The van der Waals surface area contributed by atoms with Crippen LogP contribution in [0.5, 0.6) is 0 Å². The van der Waals surface area contributed by atoms with Gasteiger partial charge in [-0.05, 0) is 98.9 Å². The SMILES string of the molecule is c1ccc(-n2c3ccccc3c3cc(-c4ccc(N(c5ccc(-c6cccc7c6oc6ccccc67)cc5)c5cc6ccccc6c6ccccc56)c5ccccc45)ccc32)cc1. The van der Waals surface area contributed by atoms with Crippen LogP contribution in [-0.2, 0) is 0 Å². The second-order valence-corrected chi connectivity index (χ2v) is 16.4. The van der Waals surface area contributed by atoms with Crippen molar-refractivity contribution in [3.05, 3.63) is 231 Å². The van der Waals surface area contributed by atoms with Gasteiger partial charge in [0.25, 0.3) is 0 Å². The number of hydrogen-bond donors (Lipinski definition) is 0. The first-order chi connectivity index (χ1) is 31.3. The second kappa shape index (κ2) is 14.1. The molecule has 0 radical (unpaired) electrons. The van der Waals surface area contributed by atoms with Gasteiger partial charge in [0.05, 0.1) is 22.4 Å². The third-order valence-electron chi connectivity index (χ3n) is 13.0. The Morgan fingerprint density at radius 2 is 0.952 bits per heavy atom. The molecule has 0 N–H and O–H groups in total. The van der Waals surface area contributed by atoms with Crippen LogP contribution in [0.2, 0.25) is 0 Å². The number of hydrogen-bond acceptors (Lipinski definition) is 2. The van der Waals surface area contributed by atoms with E-state index in [1.165, 1.54) is 65.3 Å². The summed E-state index contributed by atoms with van der Waals surface area (Å²) in [6.07, 6.45) is 0. The first-order valence-corrected chi connectivity index (χ1v) is 21.6. The van der Waals surface area contributed by atoms with E-state index in [0.717, 1.165) is 55.8 Å². The van der Waals surface area contributed by atoms with Crippen molar-refractivity contribution >= 4 is 93.1 Å². The van der Waals surface area contributed by atoms with Crippen molar-refractivity contribution in [3.8, 4) is 27.9 Å². The molecule has 0 spiro atoms. The second-order valence-electron chi connectivity index (χ2n) is 16.4. The highest BCUT2D eigenvalue weighted by Crippen LogP contribution is 2.47. The lowest BCUT2D eigenvalue weighted by atomic mass is 9.94. The molecule has 2 heterocycles. The molecule has 0 saturated carbocycles. The van der Waals surface area contributed by atoms with Crippen molar-refractivity contribution in [2.75, 3.05) is 4.90 Å². The third kappa shape index (κ3) is 5.53. The van der Waals surface area contributed by atoms with Crippen LogP contribution in [0.1, 0.15) is 0 Å². The predicted octanol–water partition coefficient (Wildman–Crippen LogP) is 16.9. The van der Waals surface area contributed by atoms with Crippen molar-refractivity contribution in [2.45, 2.75) is 0 Å². The van der Waals surface area contributed by atoms with E-state index in [1.807, 2.05) is 12.1 Å². The summed E-state index contributed by atoms with van der Waals surface area (Å²) in [4.78, 5) is 2.46. The summed E-state index contributed by atoms with van der Waals surface area (Å²) in [5, 5.41) is 12.0. The topological polar surface area (TPSA) is 21.3 Å². The van der Waals surface area contributed by atoms with Gasteiger partial charge < -0.3 is 13.9 Å². The Balaban J connectivity index is 1.01. The van der Waals surface area contributed by atoms with Crippen molar-refractivity contribution in [1.29, 1.82) is 0 Å². The molecule has 11 aromatic carbocycles. The summed E-state index contributed by atoms with van der Waals surface area (Å²) < 4.78 is 8.87. The average Bonchev–Trinajstić information content (AvgIpc) is 3.90. The predicted molar refractivity (Wildman–Crippen MR) is 266 cm³/mol. The Labute approximate surface area is 363 Å². The van der Waals surface area contributed by atoms with Gasteiger partial charge in [-0.1, -0.05) is 170 Å². The van der Waals surface area contributed by atoms with Crippen molar-refractivity contribution in [3.63, 3.8) is 0 Å². The van der Waals surface area contributed by atoms with E-state index in [1.54, 1.807) is 0 Å². The Morgan fingerprint density at radius 1 is 0.333 bits per heavy atom. The van der Waals surface area contributed by atoms with E-state index >= 15 is 0 Å². The van der Waals surface area contributed by atoms with Crippen molar-refractivity contribution < 1.29 is 4.42 Å². The number of benzene rings is 11. The lowest BCUT2D eigenvalue weighted by Crippen LogP contribution is -2.11. The largest absolute Gasteiger partial charge is 0.455 e. The molecule has 2 aromatic heterocycles. The van der Waals surface area contributed by atoms with Gasteiger partial charge in [0.2, 0.25) is 0 Å². The highest BCUT2D eigenvalue weighted by atomic mass is 16.3. The summed E-state index contributed by atoms with van der Waals surface area (Å²) in [7, 11) is 0. The van der Waals surface area contributed by atoms with Crippen LogP contribution >= 0.6 is 0 Å². The molecule has 0 bridgehead atoms. The minimum Gasteiger partial charge on any atom is -0.455 e. The van der Waals surface area contributed by atoms with Gasteiger partial charge >= 0.3 is 0 Å². The van der Waals surface area contributed by atoms with Gasteiger partial charge in [-0.3, -0.25) is 0 Å². The summed E-state index contributed by atoms with van der Waals surface area (Å²) in [5.41, 5.74) is 13.3. The Bertz CT molecular complexity index is 3910. The minimum absolute atomic E-state index is 0.903. The van der Waals surface area contributed by atoms with E-state index in [2.05, 4.69) is 228 Å². The normalized spacial score (nSPS) is 11.8. The zero-order valence-electron chi connectivity index (χ0n) is 34.2. The number of anilines is 3. The lowest BCUT2D eigenvalue weighted by molar-refractivity contribution is 0.670. The number of nitrogens with zero attached hydrogens (tertiary/aromatic N) is 2. The molecule has 3 heteroatoms. The van der Waals surface area contributed by atoms with Gasteiger partial charge in [-0.15, -0.1) is 0 Å². The van der Waals surface area contributed by atoms with Gasteiger partial charge in [-0.2, -0.15) is 0 Å². The fourth-order valence-electron chi connectivity index (χ4n) is 10.1. The first-order valence-electron chi connectivity index (χ1n) is 21.6. The van der Waals surface area contributed by atoms with Gasteiger partial charge in [0, 0.05) is 49.3 Å². The molecule has 0 fully saturated rings. The number of fused-ring (bicyclic) bond motifs is 10. The lowest BCUT2D eigenvalue weighted by Gasteiger charge is -2.29. The van der Waals surface area contributed by atoms with Gasteiger partial charge in [0.15, 0.2) is 0 Å². The van der Waals surface area contributed by atoms with E-state index in [4.69, 9.17) is 4.42 Å². The van der Waals surface area contributed by atoms with Crippen LogP contribution in [0.25, 0.3) is 104 Å². The molecule has 294 valence electrons. The molecule has 0 atom stereocenters. The first kappa shape index (κ1) is 35.4. The fraction of sp³-hybridized carbons (Fsp3) is 0. The number of furan rings is 1. The molecule has 0 aliphatic carbocycles. The van der Waals surface area contributed by atoms with Crippen LogP contribution < -0.4 is 4.90 Å². The maximum Gasteiger partial charge on any atom is 0.143 e. The van der Waals surface area contributed by atoms with Gasteiger partial charge in [0.1, 0.15) is 11.2 Å². The Morgan fingerprint density at radius 3 is 1.78 bits per heavy atom. The summed E-state index contributed by atoms with van der Waals surface area (Å²) in [6, 6.07) is 83.6. The highest BCUT2D eigenvalue weighted by molar-refractivity contribution is 6.17. The Kier molecular flexibility index (Phi) is 7.91. The molecule has 0 unspecified atom stereocenters. The average molecular weight is 803 g/mol. The number of para-hydroxylation sites is 4. The van der Waals surface area contributed by atoms with E-state index < -0.39 is 0 Å². The molecule has 13 rings (SSSR count). The molecule has 13 aromatic rings. The Hall–Kier alpha value is -8.40. The minimum atomic E-state index is 0.903. The van der Waals surface area contributed by atoms with Crippen LogP contribution in [0.3, 0.4) is 0 Å². The maximum atomic E-state index is 6.49. The molecule has 0 aliphatic heterocycles. The molecule has 0 aliphatic rings. The summed E-state index contributed by atoms with van der Waals surface area (Å²) >= 11 is 0.